The Morgan fingerprint density at radius 2 is 1.73 bits per heavy atom. The zero-order valence-corrected chi connectivity index (χ0v) is 15.5. The lowest BCUT2D eigenvalue weighted by atomic mass is 10.1. The van der Waals surface area contributed by atoms with Gasteiger partial charge >= 0.3 is 0 Å². The smallest absolute Gasteiger partial charge is 0.250 e. The number of hydrogen-bond acceptors (Lipinski definition) is 3. The quantitative estimate of drug-likeness (QED) is 0.768. The summed E-state index contributed by atoms with van der Waals surface area (Å²) in [7, 11) is 0. The van der Waals surface area contributed by atoms with Gasteiger partial charge in [-0.15, -0.1) is 5.10 Å². The van der Waals surface area contributed by atoms with Gasteiger partial charge in [0.25, 0.3) is 5.92 Å². The van der Waals surface area contributed by atoms with Crippen molar-refractivity contribution in [3.8, 4) is 0 Å². The highest BCUT2D eigenvalue weighted by molar-refractivity contribution is 5.16. The molecule has 1 saturated heterocycles. The molecule has 1 aliphatic heterocycles. The first-order valence-electron chi connectivity index (χ1n) is 9.24. The molecule has 0 N–H and O–H groups in total. The minimum absolute atomic E-state index is 0.0408. The lowest BCUT2D eigenvalue weighted by molar-refractivity contribution is -0.0551. The Morgan fingerprint density at radius 3 is 2.38 bits per heavy atom. The van der Waals surface area contributed by atoms with E-state index in [0.29, 0.717) is 19.6 Å². The van der Waals surface area contributed by atoms with Crippen LogP contribution in [0.3, 0.4) is 0 Å². The van der Waals surface area contributed by atoms with E-state index in [1.165, 1.54) is 12.1 Å². The van der Waals surface area contributed by atoms with Crippen molar-refractivity contribution in [2.75, 3.05) is 19.6 Å². The average Bonchev–Trinajstić information content (AvgIpc) is 3.07. The number of hydrogen-bond donors (Lipinski definition) is 0. The van der Waals surface area contributed by atoms with Crippen LogP contribution in [0.2, 0.25) is 0 Å². The van der Waals surface area contributed by atoms with E-state index in [-0.39, 0.29) is 18.7 Å². The second kappa shape index (κ2) is 9.71. The lowest BCUT2D eigenvalue weighted by Gasteiger charge is -2.31. The molecule has 7 heteroatoms. The first-order chi connectivity index (χ1) is 12.5. The predicted octanol–water partition coefficient (Wildman–Crippen LogP) is 4.16. The molecule has 1 aliphatic rings. The molecular weight excluding hydrogens is 341 g/mol. The number of benzene rings is 1. The first kappa shape index (κ1) is 20.4. The van der Waals surface area contributed by atoms with Crippen molar-refractivity contribution in [2.24, 2.45) is 0 Å². The number of piperidine rings is 1. The molecule has 1 aromatic carbocycles. The number of rotatable bonds is 6. The fraction of sp³-hybridized carbons (Fsp3) is 0.579. The van der Waals surface area contributed by atoms with Crippen LogP contribution in [-0.4, -0.2) is 45.5 Å². The van der Waals surface area contributed by atoms with Gasteiger partial charge in [0.15, 0.2) is 0 Å². The molecule has 0 spiro atoms. The molecule has 26 heavy (non-hydrogen) atoms. The Balaban J connectivity index is 0.00000117. The van der Waals surface area contributed by atoms with Gasteiger partial charge in [0.1, 0.15) is 5.82 Å². The van der Waals surface area contributed by atoms with Gasteiger partial charge in [-0.25, -0.2) is 17.9 Å². The van der Waals surface area contributed by atoms with Gasteiger partial charge in [0.2, 0.25) is 0 Å². The fourth-order valence-electron chi connectivity index (χ4n) is 2.89. The van der Waals surface area contributed by atoms with Crippen LogP contribution in [0.1, 0.15) is 44.4 Å². The van der Waals surface area contributed by atoms with Crippen molar-refractivity contribution in [2.45, 2.75) is 52.0 Å². The maximum atomic E-state index is 13.1. The predicted molar refractivity (Wildman–Crippen MR) is 95.8 cm³/mol. The van der Waals surface area contributed by atoms with Crippen LogP contribution >= 0.6 is 0 Å². The van der Waals surface area contributed by atoms with E-state index in [9.17, 15) is 13.2 Å². The summed E-state index contributed by atoms with van der Waals surface area (Å²) in [6.07, 6.45) is 3.45. The summed E-state index contributed by atoms with van der Waals surface area (Å²) >= 11 is 0. The van der Waals surface area contributed by atoms with Gasteiger partial charge in [-0.1, -0.05) is 31.2 Å². The molecule has 3 rings (SSSR count). The zero-order chi connectivity index (χ0) is 19.0. The van der Waals surface area contributed by atoms with E-state index in [2.05, 4.69) is 15.2 Å². The normalized spacial score (nSPS) is 16.8. The van der Waals surface area contributed by atoms with Gasteiger partial charge in [-0.2, -0.15) is 0 Å². The van der Waals surface area contributed by atoms with Crippen molar-refractivity contribution in [3.05, 3.63) is 47.5 Å². The van der Waals surface area contributed by atoms with E-state index < -0.39 is 5.92 Å². The highest BCUT2D eigenvalue weighted by Crippen LogP contribution is 2.27. The van der Waals surface area contributed by atoms with Crippen molar-refractivity contribution in [1.29, 1.82) is 0 Å². The monoisotopic (exact) mass is 368 g/mol. The third kappa shape index (κ3) is 6.44. The number of aryl methyl sites for hydroxylation is 1. The molecule has 2 heterocycles. The Bertz CT molecular complexity index is 645. The molecule has 0 amide bonds. The average molecular weight is 368 g/mol. The topological polar surface area (TPSA) is 34.0 Å². The molecule has 0 atom stereocenters. The van der Waals surface area contributed by atoms with Crippen LogP contribution in [0.15, 0.2) is 30.5 Å². The molecule has 2 aromatic rings. The molecule has 144 valence electrons. The molecule has 0 radical (unpaired) electrons. The zero-order valence-electron chi connectivity index (χ0n) is 15.5. The minimum atomic E-state index is -2.49. The maximum Gasteiger partial charge on any atom is 0.250 e. The maximum absolute atomic E-state index is 13.1. The largest absolute Gasteiger partial charge is 0.303 e. The fourth-order valence-corrected chi connectivity index (χ4v) is 2.89. The minimum Gasteiger partial charge on any atom is -0.303 e. The molecule has 1 fully saturated rings. The second-order valence-corrected chi connectivity index (χ2v) is 6.34. The molecule has 1 aromatic heterocycles. The standard InChI is InChI=1S/C17H21F3N4.C2H6/c18-15-5-3-14(4-6-15)12-24-13-16(21-22-24)2-1-9-23-10-7-17(19,20)8-11-23;1-2/h3-6,13H,1-2,7-12H2;1-2H3. The highest BCUT2D eigenvalue weighted by Gasteiger charge is 2.33. The van der Waals surface area contributed by atoms with Crippen LogP contribution < -0.4 is 0 Å². The van der Waals surface area contributed by atoms with Gasteiger partial charge in [0, 0.05) is 32.1 Å². The number of nitrogens with zero attached hydrogens (tertiary/aromatic N) is 4. The third-order valence-electron chi connectivity index (χ3n) is 4.34. The summed E-state index contributed by atoms with van der Waals surface area (Å²) in [6.45, 7) is 6.28. The lowest BCUT2D eigenvalue weighted by Crippen LogP contribution is -2.39. The summed E-state index contributed by atoms with van der Waals surface area (Å²) in [4.78, 5) is 2.08. The van der Waals surface area contributed by atoms with E-state index in [0.717, 1.165) is 30.6 Å². The summed E-state index contributed by atoms with van der Waals surface area (Å²) in [5.74, 6) is -2.74. The SMILES string of the molecule is CC.Fc1ccc(Cn2cc(CCCN3CCC(F)(F)CC3)nn2)cc1. The second-order valence-electron chi connectivity index (χ2n) is 6.34. The van der Waals surface area contributed by atoms with E-state index in [1.54, 1.807) is 16.8 Å². The molecule has 0 bridgehead atoms. The third-order valence-corrected chi connectivity index (χ3v) is 4.34. The highest BCUT2D eigenvalue weighted by atomic mass is 19.3. The van der Waals surface area contributed by atoms with Crippen LogP contribution in [-0.2, 0) is 13.0 Å². The van der Waals surface area contributed by atoms with Gasteiger partial charge < -0.3 is 4.90 Å². The van der Waals surface area contributed by atoms with Crippen molar-refractivity contribution >= 4 is 0 Å². The van der Waals surface area contributed by atoms with E-state index in [1.807, 2.05) is 20.0 Å². The number of likely N-dealkylation sites (tertiary alicyclic amines) is 1. The van der Waals surface area contributed by atoms with Crippen LogP contribution in [0, 0.1) is 5.82 Å². The van der Waals surface area contributed by atoms with Crippen LogP contribution in [0.4, 0.5) is 13.2 Å². The Kier molecular flexibility index (Phi) is 7.63. The van der Waals surface area contributed by atoms with Crippen molar-refractivity contribution in [3.63, 3.8) is 0 Å². The number of aromatic nitrogens is 3. The summed E-state index contributed by atoms with van der Waals surface area (Å²) in [6, 6.07) is 6.30. The Hall–Kier alpha value is -1.89. The number of halogens is 3. The van der Waals surface area contributed by atoms with Crippen LogP contribution in [0.5, 0.6) is 0 Å². The summed E-state index contributed by atoms with van der Waals surface area (Å²) in [5.41, 5.74) is 1.85. The van der Waals surface area contributed by atoms with Crippen LogP contribution in [0.25, 0.3) is 0 Å². The Labute approximate surface area is 153 Å². The molecular formula is C19H27F3N4. The molecule has 4 nitrogen and oxygen atoms in total. The van der Waals surface area contributed by atoms with Crippen molar-refractivity contribution < 1.29 is 13.2 Å². The van der Waals surface area contributed by atoms with Gasteiger partial charge in [0.05, 0.1) is 12.2 Å². The first-order valence-corrected chi connectivity index (χ1v) is 9.24. The van der Waals surface area contributed by atoms with Gasteiger partial charge in [-0.05, 0) is 37.1 Å². The number of alkyl halides is 2. The Morgan fingerprint density at radius 1 is 1.08 bits per heavy atom. The van der Waals surface area contributed by atoms with E-state index >= 15 is 0 Å². The van der Waals surface area contributed by atoms with E-state index in [4.69, 9.17) is 0 Å². The summed E-state index contributed by atoms with van der Waals surface area (Å²) in [5, 5.41) is 8.21. The van der Waals surface area contributed by atoms with Gasteiger partial charge in [-0.3, -0.25) is 0 Å². The molecule has 0 unspecified atom stereocenters. The van der Waals surface area contributed by atoms with Crippen molar-refractivity contribution in [1.82, 2.24) is 19.9 Å². The molecule has 0 aliphatic carbocycles. The molecule has 0 saturated carbocycles. The summed E-state index contributed by atoms with van der Waals surface area (Å²) < 4.78 is 40.8.